The highest BCUT2D eigenvalue weighted by atomic mass is 32.2. The Morgan fingerprint density at radius 1 is 1.14 bits per heavy atom. The van der Waals surface area contributed by atoms with Crippen LogP contribution in [0, 0.1) is 6.92 Å². The minimum Gasteiger partial charge on any atom is -0.496 e. The van der Waals surface area contributed by atoms with E-state index in [9.17, 15) is 18.8 Å². The van der Waals surface area contributed by atoms with Gasteiger partial charge in [-0.2, -0.15) is 0 Å². The summed E-state index contributed by atoms with van der Waals surface area (Å²) in [6.45, 7) is 7.30. The molecule has 10 heteroatoms. The first-order valence-corrected chi connectivity index (χ1v) is 11.5. The number of thioether (sulfide) groups is 1. The van der Waals surface area contributed by atoms with Crippen LogP contribution in [-0.4, -0.2) is 30.5 Å². The predicted octanol–water partition coefficient (Wildman–Crippen LogP) is 6.16. The first-order valence-electron chi connectivity index (χ1n) is 10.7. The number of nitrogens with zero attached hydrogens (tertiary/aromatic N) is 1. The average Bonchev–Trinajstić information content (AvgIpc) is 3.11. The molecule has 0 radical (unpaired) electrons. The number of alkyl halides is 1. The van der Waals surface area contributed by atoms with Gasteiger partial charge in [0.15, 0.2) is 6.30 Å². The standard InChI is InChI=1S/C25H25FN2O4S.F2/c1-13-8-18-19(28(14(2)26)22(29)12-25(18,3)4)11-16(13)17-9-15(6-7-20(17)32-5)10-21-23(30)27-24(31)33-21;1-2/h6-11,14H,12H2,1-5H3,(H,27,30,31);/b21-10-;. The zero-order valence-electron chi connectivity index (χ0n) is 19.9. The molecule has 0 spiro atoms. The number of hydrogen-bond donors (Lipinski definition) is 1. The molecule has 2 aliphatic heterocycles. The normalized spacial score (nSPS) is 18.6. The van der Waals surface area contributed by atoms with Crippen molar-refractivity contribution in [3.63, 3.8) is 0 Å². The molecule has 0 aliphatic carbocycles. The van der Waals surface area contributed by atoms with Crippen LogP contribution in [0.2, 0.25) is 0 Å². The Bertz CT molecular complexity index is 1230. The number of aryl methyl sites for hydroxylation is 1. The van der Waals surface area contributed by atoms with Gasteiger partial charge < -0.3 is 4.74 Å². The number of anilines is 1. The summed E-state index contributed by atoms with van der Waals surface area (Å²) in [4.78, 5) is 37.7. The molecule has 0 aromatic heterocycles. The molecule has 2 aliphatic rings. The van der Waals surface area contributed by atoms with Crippen LogP contribution in [0.25, 0.3) is 17.2 Å². The quantitative estimate of drug-likeness (QED) is 0.397. The fourth-order valence-corrected chi connectivity index (χ4v) is 5.09. The van der Waals surface area contributed by atoms with Crippen molar-refractivity contribution in [2.45, 2.75) is 45.8 Å². The highest BCUT2D eigenvalue weighted by molar-refractivity contribution is 8.18. The predicted molar refractivity (Wildman–Crippen MR) is 130 cm³/mol. The van der Waals surface area contributed by atoms with E-state index in [1.807, 2.05) is 39.0 Å². The van der Waals surface area contributed by atoms with Crippen LogP contribution in [0.4, 0.5) is 24.0 Å². The number of benzene rings is 2. The third-order valence-electron chi connectivity index (χ3n) is 6.00. The lowest BCUT2D eigenvalue weighted by Crippen LogP contribution is -2.45. The lowest BCUT2D eigenvalue weighted by atomic mass is 9.75. The van der Waals surface area contributed by atoms with Gasteiger partial charge in [0.05, 0.1) is 17.7 Å². The summed E-state index contributed by atoms with van der Waals surface area (Å²) in [7, 11) is 1.56. The number of rotatable bonds is 4. The molecule has 35 heavy (non-hydrogen) atoms. The van der Waals surface area contributed by atoms with E-state index in [2.05, 4.69) is 5.32 Å². The van der Waals surface area contributed by atoms with Gasteiger partial charge in [-0.25, -0.2) is 4.39 Å². The SMILES string of the molecule is COc1ccc(/C=C2\SC(=O)NC2=O)cc1-c1cc2c(cc1C)C(C)(C)CC(=O)N2C(C)F.FF. The van der Waals surface area contributed by atoms with Crippen LogP contribution in [0.15, 0.2) is 35.2 Å². The molecule has 0 saturated carbocycles. The molecule has 0 bridgehead atoms. The summed E-state index contributed by atoms with van der Waals surface area (Å²) in [6, 6.07) is 9.29. The summed E-state index contributed by atoms with van der Waals surface area (Å²) >= 11 is 0.850. The van der Waals surface area contributed by atoms with E-state index in [1.165, 1.54) is 11.8 Å². The van der Waals surface area contributed by atoms with Crippen molar-refractivity contribution in [1.82, 2.24) is 5.32 Å². The average molecular weight is 507 g/mol. The Morgan fingerprint density at radius 2 is 1.83 bits per heavy atom. The van der Waals surface area contributed by atoms with E-state index in [0.29, 0.717) is 21.9 Å². The second-order valence-corrected chi connectivity index (χ2v) is 9.91. The summed E-state index contributed by atoms with van der Waals surface area (Å²) in [6.07, 6.45) is 0.415. The summed E-state index contributed by atoms with van der Waals surface area (Å²) in [5, 5.41) is 1.84. The molecule has 1 unspecified atom stereocenters. The molecule has 1 N–H and O–H groups in total. The highest BCUT2D eigenvalue weighted by Gasteiger charge is 2.39. The second-order valence-electron chi connectivity index (χ2n) is 8.89. The Kier molecular flexibility index (Phi) is 7.64. The number of halogens is 3. The Hall–Kier alpha value is -3.27. The second kappa shape index (κ2) is 10.2. The number of fused-ring (bicyclic) bond motifs is 1. The van der Waals surface area contributed by atoms with E-state index in [4.69, 9.17) is 13.9 Å². The molecule has 2 aromatic rings. The molecule has 4 rings (SSSR count). The zero-order chi connectivity index (χ0) is 26.1. The van der Waals surface area contributed by atoms with E-state index in [0.717, 1.165) is 34.0 Å². The van der Waals surface area contributed by atoms with Crippen molar-refractivity contribution in [1.29, 1.82) is 0 Å². The van der Waals surface area contributed by atoms with Gasteiger partial charge in [-0.1, -0.05) is 26.0 Å². The van der Waals surface area contributed by atoms with Crippen molar-refractivity contribution in [3.8, 4) is 16.9 Å². The highest BCUT2D eigenvalue weighted by Crippen LogP contribution is 2.45. The third-order valence-corrected chi connectivity index (χ3v) is 6.81. The Morgan fingerprint density at radius 3 is 2.40 bits per heavy atom. The van der Waals surface area contributed by atoms with Crippen molar-refractivity contribution >= 4 is 40.6 Å². The van der Waals surface area contributed by atoms with Gasteiger partial charge in [0.2, 0.25) is 5.91 Å². The zero-order valence-corrected chi connectivity index (χ0v) is 20.7. The Balaban J connectivity index is 0.00000167. The van der Waals surface area contributed by atoms with Gasteiger partial charge in [-0.05, 0) is 72.1 Å². The van der Waals surface area contributed by atoms with Crippen LogP contribution in [0.3, 0.4) is 0 Å². The maximum absolute atomic E-state index is 14.5. The van der Waals surface area contributed by atoms with Gasteiger partial charge in [0, 0.05) is 26.5 Å². The molecule has 6 nitrogen and oxygen atoms in total. The number of ether oxygens (including phenoxy) is 1. The fourth-order valence-electron chi connectivity index (χ4n) is 4.41. The van der Waals surface area contributed by atoms with Crippen LogP contribution >= 0.6 is 11.8 Å². The van der Waals surface area contributed by atoms with Crippen LogP contribution < -0.4 is 15.0 Å². The molecular weight excluding hydrogens is 481 g/mol. The molecule has 2 aromatic carbocycles. The van der Waals surface area contributed by atoms with Crippen molar-refractivity contribution < 1.29 is 32.7 Å². The maximum Gasteiger partial charge on any atom is 0.290 e. The molecule has 2 heterocycles. The number of amides is 3. The van der Waals surface area contributed by atoms with Crippen LogP contribution in [0.5, 0.6) is 5.75 Å². The number of methoxy groups -OCH3 is 1. The fraction of sp³-hybridized carbons (Fsp3) is 0.320. The van der Waals surface area contributed by atoms with E-state index >= 15 is 0 Å². The lowest BCUT2D eigenvalue weighted by Gasteiger charge is -2.40. The minimum atomic E-state index is -1.46. The number of nitrogens with one attached hydrogen (secondary N) is 1. The number of imide groups is 1. The molecule has 3 amide bonds. The smallest absolute Gasteiger partial charge is 0.290 e. The molecule has 1 saturated heterocycles. The number of carbonyl (C=O) groups is 3. The van der Waals surface area contributed by atoms with E-state index in [1.54, 1.807) is 25.3 Å². The molecular formula is C25H25F3N2O4S. The van der Waals surface area contributed by atoms with Gasteiger partial charge in [-0.15, -0.1) is 0 Å². The maximum atomic E-state index is 14.5. The number of hydrogen-bond acceptors (Lipinski definition) is 5. The van der Waals surface area contributed by atoms with E-state index < -0.39 is 22.9 Å². The summed E-state index contributed by atoms with van der Waals surface area (Å²) < 4.78 is 36.1. The molecule has 1 atom stereocenters. The van der Waals surface area contributed by atoms with Gasteiger partial charge >= 0.3 is 0 Å². The first-order chi connectivity index (χ1) is 16.5. The van der Waals surface area contributed by atoms with Gasteiger partial charge in [0.1, 0.15) is 5.75 Å². The van der Waals surface area contributed by atoms with Crippen LogP contribution in [-0.2, 0) is 15.0 Å². The largest absolute Gasteiger partial charge is 0.496 e. The third kappa shape index (κ3) is 5.07. The van der Waals surface area contributed by atoms with Crippen molar-refractivity contribution in [3.05, 3.63) is 51.9 Å². The van der Waals surface area contributed by atoms with Gasteiger partial charge in [0.25, 0.3) is 11.1 Å². The lowest BCUT2D eigenvalue weighted by molar-refractivity contribution is -0.121. The van der Waals surface area contributed by atoms with E-state index in [-0.39, 0.29) is 12.3 Å². The first kappa shape index (κ1) is 26.3. The minimum absolute atomic E-state index is 0.234. The monoisotopic (exact) mass is 506 g/mol. The van der Waals surface area contributed by atoms with Crippen LogP contribution in [0.1, 0.15) is 43.9 Å². The van der Waals surface area contributed by atoms with Crippen molar-refractivity contribution in [2.75, 3.05) is 12.0 Å². The number of carbonyl (C=O) groups excluding carboxylic acids is 3. The van der Waals surface area contributed by atoms with Gasteiger partial charge in [-0.3, -0.25) is 24.6 Å². The molecule has 1 fully saturated rings. The van der Waals surface area contributed by atoms with Crippen molar-refractivity contribution in [2.24, 2.45) is 0 Å². The topological polar surface area (TPSA) is 75.7 Å². The Labute approximate surface area is 205 Å². The summed E-state index contributed by atoms with van der Waals surface area (Å²) in [5.41, 5.74) is 4.25. The molecule has 186 valence electrons. The summed E-state index contributed by atoms with van der Waals surface area (Å²) in [5.74, 6) is -0.0848.